The van der Waals surface area contributed by atoms with Gasteiger partial charge in [0.05, 0.1) is 22.6 Å². The molecule has 2 nitrogen and oxygen atoms in total. The van der Waals surface area contributed by atoms with Gasteiger partial charge in [-0.15, -0.1) is 0 Å². The fraction of sp³-hybridized carbons (Fsp3) is 0. The molecule has 0 N–H and O–H groups in total. The Kier molecular flexibility index (Phi) is 4.79. The summed E-state index contributed by atoms with van der Waals surface area (Å²) in [7, 11) is 0. The Morgan fingerprint density at radius 3 is 1.69 bits per heavy atom. The van der Waals surface area contributed by atoms with Gasteiger partial charge in [0, 0.05) is 16.3 Å². The average molecular weight is 671 g/mol. The molecular formula is C50H30O2. The zero-order valence-electron chi connectivity index (χ0n) is 35.5. The molecule has 0 fully saturated rings. The van der Waals surface area contributed by atoms with Crippen LogP contribution < -0.4 is 0 Å². The first-order chi connectivity index (χ1) is 29.1. The number of benzene rings is 9. The van der Waals surface area contributed by atoms with E-state index < -0.39 is 24.2 Å². The topological polar surface area (TPSA) is 26.3 Å². The van der Waals surface area contributed by atoms with Gasteiger partial charge in [-0.2, -0.15) is 0 Å². The van der Waals surface area contributed by atoms with E-state index in [0.717, 1.165) is 60.4 Å². The molecule has 2 heteroatoms. The van der Waals surface area contributed by atoms with Crippen molar-refractivity contribution in [1.82, 2.24) is 0 Å². The first kappa shape index (κ1) is 22.0. The number of rotatable bonds is 4. The van der Waals surface area contributed by atoms with Crippen LogP contribution in [-0.2, 0) is 0 Å². The predicted molar refractivity (Wildman–Crippen MR) is 218 cm³/mol. The van der Waals surface area contributed by atoms with Crippen LogP contribution in [0.1, 0.15) is 11.0 Å². The van der Waals surface area contributed by atoms with Crippen LogP contribution in [0, 0.1) is 0 Å². The fourth-order valence-corrected chi connectivity index (χ4v) is 7.74. The molecular weight excluding hydrogens is 633 g/mol. The molecule has 0 aliphatic rings. The highest BCUT2D eigenvalue weighted by atomic mass is 16.3. The van der Waals surface area contributed by atoms with Gasteiger partial charge in [0.1, 0.15) is 16.7 Å². The van der Waals surface area contributed by atoms with E-state index in [-0.39, 0.29) is 45.7 Å². The summed E-state index contributed by atoms with van der Waals surface area (Å²) in [6.45, 7) is 0. The molecule has 0 amide bonds. The summed E-state index contributed by atoms with van der Waals surface area (Å²) in [4.78, 5) is 0. The maximum absolute atomic E-state index is 9.20. The van der Waals surface area contributed by atoms with E-state index in [9.17, 15) is 2.74 Å². The smallest absolute Gasteiger partial charge is 0.147 e. The highest BCUT2D eigenvalue weighted by molar-refractivity contribution is 6.22. The molecule has 2 heterocycles. The van der Waals surface area contributed by atoms with Gasteiger partial charge in [0.25, 0.3) is 0 Å². The van der Waals surface area contributed by atoms with Crippen molar-refractivity contribution in [3.05, 3.63) is 182 Å². The lowest BCUT2D eigenvalue weighted by Gasteiger charge is -2.18. The Balaban J connectivity index is 1.10. The predicted octanol–water partition coefficient (Wildman–Crippen LogP) is 14.5. The van der Waals surface area contributed by atoms with Gasteiger partial charge < -0.3 is 8.83 Å². The average Bonchev–Trinajstić information content (AvgIpc) is 3.89. The van der Waals surface area contributed by atoms with E-state index in [1.54, 1.807) is 30.5 Å². The number of hydrogen-bond donors (Lipinski definition) is 0. The van der Waals surface area contributed by atoms with Crippen LogP contribution in [0.4, 0.5) is 0 Å². The molecule has 0 aliphatic carbocycles. The first-order valence-electron chi connectivity index (χ1n) is 21.1. The second-order valence-corrected chi connectivity index (χ2v) is 13.0. The molecule has 0 unspecified atom stereocenters. The molecule has 0 saturated carbocycles. The van der Waals surface area contributed by atoms with Crippen molar-refractivity contribution >= 4 is 65.2 Å². The summed E-state index contributed by atoms with van der Waals surface area (Å²) in [5.41, 5.74) is 7.62. The molecule has 2 aromatic heterocycles. The lowest BCUT2D eigenvalue weighted by molar-refractivity contribution is 0.616. The van der Waals surface area contributed by atoms with E-state index in [4.69, 9.17) is 17.1 Å². The third-order valence-electron chi connectivity index (χ3n) is 10.2. The molecule has 52 heavy (non-hydrogen) atoms. The minimum atomic E-state index is -0.430. The number of furan rings is 2. The summed E-state index contributed by atoms with van der Waals surface area (Å²) < 4.78 is 84.1. The second-order valence-electron chi connectivity index (χ2n) is 13.0. The van der Waals surface area contributed by atoms with Crippen LogP contribution in [0.3, 0.4) is 0 Å². The van der Waals surface area contributed by atoms with Crippen molar-refractivity contribution in [3.8, 4) is 44.5 Å². The summed E-state index contributed by atoms with van der Waals surface area (Å²) >= 11 is 0. The lowest BCUT2D eigenvalue weighted by atomic mass is 9.86. The third-order valence-corrected chi connectivity index (χ3v) is 10.2. The van der Waals surface area contributed by atoms with Crippen molar-refractivity contribution in [2.45, 2.75) is 0 Å². The molecule has 242 valence electrons. The van der Waals surface area contributed by atoms with E-state index in [2.05, 4.69) is 30.3 Å². The van der Waals surface area contributed by atoms with Crippen molar-refractivity contribution in [1.29, 1.82) is 0 Å². The molecule has 0 atom stereocenters. The quantitative estimate of drug-likeness (QED) is 0.174. The largest absolute Gasteiger partial charge is 0.464 e. The summed E-state index contributed by atoms with van der Waals surface area (Å²) in [6.07, 6.45) is 1.78. The van der Waals surface area contributed by atoms with Gasteiger partial charge in [-0.05, 0) is 102 Å². The summed E-state index contributed by atoms with van der Waals surface area (Å²) in [6, 6.07) is 38.3. The molecule has 0 radical (unpaired) electrons. The standard InChI is InChI=1S/C50H30O2/c1-2-11-33(12-3-1)47-39-14-6-8-16-41(39)48(42-17-9-7-15-40(42)47)34-21-18-32(19-22-34)36-24-25-38-43-26-27-45-49(50(43)52-46(38)29-36)44(30-51-45)37-23-20-31-10-4-5-13-35(31)28-37/h1-30H/i6D,7D,8D,9D,14D,15D,16D,17D. The zero-order chi connectivity index (χ0) is 41.1. The SMILES string of the molecule is [2H]c1c([2H])c([2H])c2c(-c3ccc(-c4ccc5c(c4)oc4c5ccc5occ(-c6ccc7ccccc7c6)c54)cc3)c3c([2H])c([2H])c([2H])c([2H])c3c(-c3ccccc3)c2c1[2H]. The van der Waals surface area contributed by atoms with Gasteiger partial charge >= 0.3 is 0 Å². The van der Waals surface area contributed by atoms with Crippen LogP contribution >= 0.6 is 0 Å². The van der Waals surface area contributed by atoms with Crippen LogP contribution in [0.25, 0.3) is 110 Å². The van der Waals surface area contributed by atoms with Gasteiger partial charge in [-0.1, -0.05) is 145 Å². The van der Waals surface area contributed by atoms with Crippen LogP contribution in [-0.4, -0.2) is 0 Å². The van der Waals surface area contributed by atoms with Crippen molar-refractivity contribution in [3.63, 3.8) is 0 Å². The number of fused-ring (bicyclic) bond motifs is 8. The van der Waals surface area contributed by atoms with E-state index in [0.29, 0.717) is 27.8 Å². The van der Waals surface area contributed by atoms with Crippen LogP contribution in [0.5, 0.6) is 0 Å². The normalized spacial score (nSPS) is 14.0. The van der Waals surface area contributed by atoms with Crippen molar-refractivity contribution < 1.29 is 19.8 Å². The van der Waals surface area contributed by atoms with Crippen LogP contribution in [0.15, 0.2) is 191 Å². The van der Waals surface area contributed by atoms with Gasteiger partial charge in [0.15, 0.2) is 0 Å². The Bertz CT molecular complexity index is 3550. The molecule has 0 bridgehead atoms. The Morgan fingerprint density at radius 2 is 0.981 bits per heavy atom. The minimum absolute atomic E-state index is 0.183. The van der Waals surface area contributed by atoms with E-state index >= 15 is 0 Å². The highest BCUT2D eigenvalue weighted by Gasteiger charge is 2.19. The molecule has 11 aromatic rings. The highest BCUT2D eigenvalue weighted by Crippen LogP contribution is 2.45. The third kappa shape index (κ3) is 4.38. The van der Waals surface area contributed by atoms with Gasteiger partial charge in [0.2, 0.25) is 0 Å². The molecule has 0 spiro atoms. The zero-order valence-corrected chi connectivity index (χ0v) is 27.5. The summed E-state index contributed by atoms with van der Waals surface area (Å²) in [5, 5.41) is 5.86. The molecule has 9 aromatic carbocycles. The Morgan fingerprint density at radius 1 is 0.404 bits per heavy atom. The second kappa shape index (κ2) is 11.3. The maximum Gasteiger partial charge on any atom is 0.147 e. The maximum atomic E-state index is 9.20. The fourth-order valence-electron chi connectivity index (χ4n) is 7.74. The Hall–Kier alpha value is -6.90. The van der Waals surface area contributed by atoms with E-state index in [1.165, 1.54) is 0 Å². The minimum Gasteiger partial charge on any atom is -0.464 e. The number of hydrogen-bond acceptors (Lipinski definition) is 2. The summed E-state index contributed by atoms with van der Waals surface area (Å²) in [5.74, 6) is 0. The van der Waals surface area contributed by atoms with Crippen molar-refractivity contribution in [2.75, 3.05) is 0 Å². The Labute approximate surface area is 311 Å². The first-order valence-corrected chi connectivity index (χ1v) is 17.1. The molecule has 0 saturated heterocycles. The monoisotopic (exact) mass is 670 g/mol. The van der Waals surface area contributed by atoms with Gasteiger partial charge in [-0.25, -0.2) is 0 Å². The van der Waals surface area contributed by atoms with Gasteiger partial charge in [-0.3, -0.25) is 0 Å². The van der Waals surface area contributed by atoms with Crippen molar-refractivity contribution in [2.24, 2.45) is 0 Å². The van der Waals surface area contributed by atoms with E-state index in [1.807, 2.05) is 72.8 Å². The molecule has 0 aliphatic heterocycles. The molecule has 11 rings (SSSR count). The van der Waals surface area contributed by atoms with Crippen LogP contribution in [0.2, 0.25) is 0 Å². The lowest BCUT2D eigenvalue weighted by Crippen LogP contribution is -1.90.